The Balaban J connectivity index is 1.85. The van der Waals surface area contributed by atoms with Crippen molar-refractivity contribution in [3.63, 3.8) is 0 Å². The third-order valence-electron chi connectivity index (χ3n) is 2.84. The Morgan fingerprint density at radius 3 is 2.76 bits per heavy atom. The van der Waals surface area contributed by atoms with Crippen molar-refractivity contribution in [2.45, 2.75) is 12.7 Å². The minimum absolute atomic E-state index is 0.113. The van der Waals surface area contributed by atoms with Crippen molar-refractivity contribution in [1.82, 2.24) is 0 Å². The maximum absolute atomic E-state index is 13.6. The first-order valence-electron chi connectivity index (χ1n) is 6.43. The van der Waals surface area contributed by atoms with Crippen LogP contribution in [0.3, 0.4) is 0 Å². The molecule has 0 bridgehead atoms. The zero-order valence-corrected chi connectivity index (χ0v) is 13.1. The van der Waals surface area contributed by atoms with Gasteiger partial charge in [-0.25, -0.2) is 4.39 Å². The number of anilines is 1. The molecule has 21 heavy (non-hydrogen) atoms. The van der Waals surface area contributed by atoms with Gasteiger partial charge in [0.15, 0.2) is 0 Å². The molecule has 0 fully saturated rings. The Morgan fingerprint density at radius 1 is 1.29 bits per heavy atom. The summed E-state index contributed by atoms with van der Waals surface area (Å²) in [6, 6.07) is 12.2. The van der Waals surface area contributed by atoms with Crippen LogP contribution in [0, 0.1) is 12.7 Å². The number of aryl methyl sites for hydroxylation is 1. The van der Waals surface area contributed by atoms with Crippen LogP contribution in [0.5, 0.6) is 0 Å². The Bertz CT molecular complexity index is 628. The van der Waals surface area contributed by atoms with Crippen molar-refractivity contribution in [1.29, 1.82) is 0 Å². The third kappa shape index (κ3) is 4.76. The van der Waals surface area contributed by atoms with Crippen LogP contribution < -0.4 is 5.32 Å². The van der Waals surface area contributed by atoms with E-state index in [4.69, 9.17) is 11.6 Å². The van der Waals surface area contributed by atoms with Gasteiger partial charge in [0.1, 0.15) is 5.82 Å². The number of rotatable bonds is 5. The highest BCUT2D eigenvalue weighted by Gasteiger charge is 2.08. The van der Waals surface area contributed by atoms with Crippen molar-refractivity contribution >= 4 is 35.0 Å². The monoisotopic (exact) mass is 323 g/mol. The summed E-state index contributed by atoms with van der Waals surface area (Å²) in [6.07, 6.45) is 0. The predicted molar refractivity (Wildman–Crippen MR) is 87.4 cm³/mol. The van der Waals surface area contributed by atoms with E-state index < -0.39 is 0 Å². The van der Waals surface area contributed by atoms with Crippen LogP contribution in [0.1, 0.15) is 11.1 Å². The number of halogens is 2. The van der Waals surface area contributed by atoms with E-state index in [2.05, 4.69) is 5.32 Å². The molecule has 2 aromatic carbocycles. The number of benzene rings is 2. The predicted octanol–water partition coefficient (Wildman–Crippen LogP) is 4.66. The fourth-order valence-corrected chi connectivity index (χ4v) is 3.00. The molecule has 0 unspecified atom stereocenters. The van der Waals surface area contributed by atoms with E-state index in [1.165, 1.54) is 17.8 Å². The van der Waals surface area contributed by atoms with Crippen LogP contribution >= 0.6 is 23.4 Å². The molecule has 1 amide bonds. The summed E-state index contributed by atoms with van der Waals surface area (Å²) in [5.74, 6) is 0.165. The summed E-state index contributed by atoms with van der Waals surface area (Å²) < 4.78 is 13.6. The van der Waals surface area contributed by atoms with E-state index in [0.29, 0.717) is 16.3 Å². The molecule has 0 saturated carbocycles. The van der Waals surface area contributed by atoms with E-state index in [0.717, 1.165) is 11.3 Å². The molecule has 5 heteroatoms. The van der Waals surface area contributed by atoms with E-state index >= 15 is 0 Å². The number of carbonyl (C=O) groups excluding carboxylic acids is 1. The molecule has 0 radical (unpaired) electrons. The van der Waals surface area contributed by atoms with Crippen molar-refractivity contribution < 1.29 is 9.18 Å². The molecule has 0 saturated heterocycles. The lowest BCUT2D eigenvalue weighted by Crippen LogP contribution is -2.14. The molecule has 0 atom stereocenters. The molecule has 0 heterocycles. The van der Waals surface area contributed by atoms with Gasteiger partial charge in [0.2, 0.25) is 5.91 Å². The van der Waals surface area contributed by atoms with E-state index in [1.807, 2.05) is 31.2 Å². The maximum Gasteiger partial charge on any atom is 0.234 e. The Labute approximate surface area is 132 Å². The van der Waals surface area contributed by atoms with Crippen molar-refractivity contribution in [2.75, 3.05) is 11.1 Å². The van der Waals surface area contributed by atoms with Crippen LogP contribution in [0.2, 0.25) is 5.02 Å². The molecule has 2 rings (SSSR count). The second-order valence-corrected chi connectivity index (χ2v) is 6.00. The SMILES string of the molecule is Cc1cccc(NC(=O)CSCc2c(F)cccc2Cl)c1. The van der Waals surface area contributed by atoms with Crippen molar-refractivity contribution in [2.24, 2.45) is 0 Å². The number of hydrogen-bond acceptors (Lipinski definition) is 2. The van der Waals surface area contributed by atoms with Gasteiger partial charge >= 0.3 is 0 Å². The summed E-state index contributed by atoms with van der Waals surface area (Å²) in [5.41, 5.74) is 2.29. The minimum atomic E-state index is -0.339. The van der Waals surface area contributed by atoms with E-state index in [9.17, 15) is 9.18 Å². The molecular weight excluding hydrogens is 309 g/mol. The molecular formula is C16H15ClFNOS. The molecule has 110 valence electrons. The van der Waals surface area contributed by atoms with Gasteiger partial charge in [-0.3, -0.25) is 4.79 Å². The minimum Gasteiger partial charge on any atom is -0.325 e. The van der Waals surface area contributed by atoms with Gasteiger partial charge in [-0.15, -0.1) is 11.8 Å². The first kappa shape index (κ1) is 15.9. The van der Waals surface area contributed by atoms with E-state index in [1.54, 1.807) is 12.1 Å². The third-order valence-corrected chi connectivity index (χ3v) is 4.16. The van der Waals surface area contributed by atoms with Gasteiger partial charge < -0.3 is 5.32 Å². The first-order valence-corrected chi connectivity index (χ1v) is 7.96. The smallest absolute Gasteiger partial charge is 0.234 e. The second-order valence-electron chi connectivity index (χ2n) is 4.61. The van der Waals surface area contributed by atoms with Crippen LogP contribution in [-0.2, 0) is 10.5 Å². The number of thioether (sulfide) groups is 1. The highest BCUT2D eigenvalue weighted by molar-refractivity contribution is 7.99. The van der Waals surface area contributed by atoms with Crippen molar-refractivity contribution in [3.05, 3.63) is 64.4 Å². The molecule has 0 aliphatic heterocycles. The number of carbonyl (C=O) groups is 1. The quantitative estimate of drug-likeness (QED) is 0.867. The topological polar surface area (TPSA) is 29.1 Å². The largest absolute Gasteiger partial charge is 0.325 e. The molecule has 0 aliphatic rings. The molecule has 0 aliphatic carbocycles. The summed E-state index contributed by atoms with van der Waals surface area (Å²) >= 11 is 7.27. The zero-order valence-electron chi connectivity index (χ0n) is 11.5. The van der Waals surface area contributed by atoms with Crippen LogP contribution in [0.15, 0.2) is 42.5 Å². The second kappa shape index (κ2) is 7.48. The highest BCUT2D eigenvalue weighted by Crippen LogP contribution is 2.24. The van der Waals surface area contributed by atoms with Gasteiger partial charge in [0.25, 0.3) is 0 Å². The fraction of sp³-hybridized carbons (Fsp3) is 0.188. The Kier molecular flexibility index (Phi) is 5.65. The lowest BCUT2D eigenvalue weighted by atomic mass is 10.2. The Hall–Kier alpha value is -1.52. The summed E-state index contributed by atoms with van der Waals surface area (Å²) in [4.78, 5) is 11.8. The fourth-order valence-electron chi connectivity index (χ4n) is 1.84. The average molecular weight is 324 g/mol. The van der Waals surface area contributed by atoms with Crippen LogP contribution in [0.25, 0.3) is 0 Å². The standard InChI is InChI=1S/C16H15ClFNOS/c1-11-4-2-5-12(8-11)19-16(20)10-21-9-13-14(17)6-3-7-15(13)18/h2-8H,9-10H2,1H3,(H,19,20). The number of amides is 1. The normalized spacial score (nSPS) is 10.4. The zero-order chi connectivity index (χ0) is 15.2. The number of hydrogen-bond donors (Lipinski definition) is 1. The highest BCUT2D eigenvalue weighted by atomic mass is 35.5. The number of nitrogens with one attached hydrogen (secondary N) is 1. The summed E-state index contributed by atoms with van der Waals surface area (Å²) in [6.45, 7) is 1.96. The van der Waals surface area contributed by atoms with Gasteiger partial charge in [-0.1, -0.05) is 29.8 Å². The molecule has 1 N–H and O–H groups in total. The molecule has 0 aromatic heterocycles. The molecule has 0 spiro atoms. The van der Waals surface area contributed by atoms with Crippen molar-refractivity contribution in [3.8, 4) is 0 Å². The first-order chi connectivity index (χ1) is 10.1. The lowest BCUT2D eigenvalue weighted by molar-refractivity contribution is -0.113. The summed E-state index contributed by atoms with van der Waals surface area (Å²) in [5, 5.41) is 3.20. The van der Waals surface area contributed by atoms with E-state index in [-0.39, 0.29) is 17.5 Å². The van der Waals surface area contributed by atoms with Gasteiger partial charge in [0.05, 0.1) is 5.75 Å². The molecule has 2 aromatic rings. The lowest BCUT2D eigenvalue weighted by Gasteiger charge is -2.07. The summed E-state index contributed by atoms with van der Waals surface area (Å²) in [7, 11) is 0. The van der Waals surface area contributed by atoms with Gasteiger partial charge in [-0.2, -0.15) is 0 Å². The van der Waals surface area contributed by atoms with Gasteiger partial charge in [-0.05, 0) is 36.8 Å². The maximum atomic E-state index is 13.6. The average Bonchev–Trinajstić information content (AvgIpc) is 2.42. The van der Waals surface area contributed by atoms with Crippen LogP contribution in [-0.4, -0.2) is 11.7 Å². The van der Waals surface area contributed by atoms with Gasteiger partial charge in [0, 0.05) is 22.0 Å². The van der Waals surface area contributed by atoms with Crippen LogP contribution in [0.4, 0.5) is 10.1 Å². The Morgan fingerprint density at radius 2 is 2.05 bits per heavy atom. The molecule has 2 nitrogen and oxygen atoms in total.